The normalized spacial score (nSPS) is 19.8. The molecule has 9 heteroatoms. The van der Waals surface area contributed by atoms with Crippen molar-refractivity contribution in [3.8, 4) is 6.07 Å². The minimum atomic E-state index is -0.564. The molecule has 3 aromatic rings. The number of carbonyl (C=O) groups is 1. The summed E-state index contributed by atoms with van der Waals surface area (Å²) >= 11 is 0. The minimum absolute atomic E-state index is 0.0664. The van der Waals surface area contributed by atoms with E-state index in [1.54, 1.807) is 12.4 Å². The molecule has 0 bridgehead atoms. The van der Waals surface area contributed by atoms with Gasteiger partial charge in [-0.15, -0.1) is 5.10 Å². The van der Waals surface area contributed by atoms with E-state index in [-0.39, 0.29) is 18.7 Å². The average Bonchev–Trinajstić information content (AvgIpc) is 3.16. The van der Waals surface area contributed by atoms with E-state index in [2.05, 4.69) is 37.3 Å². The summed E-state index contributed by atoms with van der Waals surface area (Å²) in [5.41, 5.74) is 2.47. The fraction of sp³-hybridized carbons (Fsp3) is 0.389. The molecule has 1 saturated heterocycles. The SMILES string of the molecule is CC1CCC(OC(=O)NCC#N)CN1c1cnnc2cnc3[nH]ccc3c12. The molecule has 1 aliphatic rings. The van der Waals surface area contributed by atoms with Gasteiger partial charge in [-0.1, -0.05) is 0 Å². The molecule has 1 amide bonds. The van der Waals surface area contributed by atoms with E-state index >= 15 is 0 Å². The van der Waals surface area contributed by atoms with Gasteiger partial charge in [-0.25, -0.2) is 9.78 Å². The number of hydrogen-bond donors (Lipinski definition) is 2. The van der Waals surface area contributed by atoms with Gasteiger partial charge in [-0.05, 0) is 25.8 Å². The Kier molecular flexibility index (Phi) is 4.46. The van der Waals surface area contributed by atoms with Crippen LogP contribution >= 0.6 is 0 Å². The molecule has 0 spiro atoms. The van der Waals surface area contributed by atoms with Crippen molar-refractivity contribution in [3.63, 3.8) is 0 Å². The monoisotopic (exact) mass is 365 g/mol. The number of fused-ring (bicyclic) bond motifs is 3. The van der Waals surface area contributed by atoms with Crippen LogP contribution in [-0.2, 0) is 4.74 Å². The highest BCUT2D eigenvalue weighted by molar-refractivity contribution is 6.09. The summed E-state index contributed by atoms with van der Waals surface area (Å²) in [6, 6.07) is 4.11. The molecule has 2 atom stereocenters. The smallest absolute Gasteiger partial charge is 0.408 e. The molecule has 2 N–H and O–H groups in total. The predicted molar refractivity (Wildman–Crippen MR) is 99.1 cm³/mol. The second-order valence-electron chi connectivity index (χ2n) is 6.61. The number of nitriles is 1. The standard InChI is InChI=1S/C18H19N7O2/c1-11-2-3-12(27-18(26)21-7-5-19)10-25(11)15-9-23-24-14-8-22-17-13(16(14)15)4-6-20-17/h4,6,8-9,11-12H,2-3,7,10H2,1H3,(H,20,22)(H,21,26). The number of aromatic nitrogens is 4. The number of ether oxygens (including phenoxy) is 1. The number of hydrogen-bond acceptors (Lipinski definition) is 7. The highest BCUT2D eigenvalue weighted by Crippen LogP contribution is 2.34. The lowest BCUT2D eigenvalue weighted by Crippen LogP contribution is -2.47. The number of pyridine rings is 1. The van der Waals surface area contributed by atoms with Gasteiger partial charge in [0.05, 0.1) is 30.7 Å². The van der Waals surface area contributed by atoms with Crippen molar-refractivity contribution in [1.29, 1.82) is 5.26 Å². The number of alkyl carbamates (subject to hydrolysis) is 1. The summed E-state index contributed by atoms with van der Waals surface area (Å²) in [7, 11) is 0. The van der Waals surface area contributed by atoms with Crippen molar-refractivity contribution in [2.24, 2.45) is 0 Å². The van der Waals surface area contributed by atoms with Gasteiger partial charge >= 0.3 is 6.09 Å². The molecule has 27 heavy (non-hydrogen) atoms. The number of rotatable bonds is 3. The molecule has 4 rings (SSSR count). The second-order valence-corrected chi connectivity index (χ2v) is 6.61. The molecule has 0 aromatic carbocycles. The van der Waals surface area contributed by atoms with Gasteiger partial charge in [-0.3, -0.25) is 0 Å². The first-order valence-corrected chi connectivity index (χ1v) is 8.83. The number of piperidine rings is 1. The van der Waals surface area contributed by atoms with Crippen LogP contribution in [0.2, 0.25) is 0 Å². The Bertz CT molecular complexity index is 1030. The molecule has 0 saturated carbocycles. The maximum Gasteiger partial charge on any atom is 0.408 e. The third kappa shape index (κ3) is 3.21. The summed E-state index contributed by atoms with van der Waals surface area (Å²) in [5.74, 6) is 0. The average molecular weight is 365 g/mol. The summed E-state index contributed by atoms with van der Waals surface area (Å²) in [6.45, 7) is 2.63. The van der Waals surface area contributed by atoms with Gasteiger partial charge in [0.1, 0.15) is 23.8 Å². The Labute approximate surface area is 155 Å². The third-order valence-electron chi connectivity index (χ3n) is 4.90. The summed E-state index contributed by atoms with van der Waals surface area (Å²) in [6.07, 6.45) is 6.15. The number of H-pyrrole nitrogens is 1. The first kappa shape index (κ1) is 17.0. The first-order valence-electron chi connectivity index (χ1n) is 8.83. The van der Waals surface area contributed by atoms with E-state index in [0.717, 1.165) is 40.5 Å². The van der Waals surface area contributed by atoms with Crippen LogP contribution in [-0.4, -0.2) is 51.5 Å². The van der Waals surface area contributed by atoms with Gasteiger partial charge in [0.15, 0.2) is 0 Å². The van der Waals surface area contributed by atoms with E-state index in [4.69, 9.17) is 10.00 Å². The molecule has 138 valence electrons. The Balaban J connectivity index is 1.66. The quantitative estimate of drug-likeness (QED) is 0.682. The third-order valence-corrected chi connectivity index (χ3v) is 4.90. The summed E-state index contributed by atoms with van der Waals surface area (Å²) in [4.78, 5) is 21.5. The fourth-order valence-electron chi connectivity index (χ4n) is 3.58. The molecule has 9 nitrogen and oxygen atoms in total. The Hall–Kier alpha value is -3.41. The van der Waals surface area contributed by atoms with Crippen LogP contribution < -0.4 is 10.2 Å². The number of nitrogens with one attached hydrogen (secondary N) is 2. The number of anilines is 1. The van der Waals surface area contributed by atoms with Crippen LogP contribution in [0.3, 0.4) is 0 Å². The molecular weight excluding hydrogens is 346 g/mol. The van der Waals surface area contributed by atoms with Crippen LogP contribution in [0.25, 0.3) is 21.9 Å². The molecular formula is C18H19N7O2. The Morgan fingerprint density at radius 2 is 2.37 bits per heavy atom. The maximum absolute atomic E-state index is 11.8. The van der Waals surface area contributed by atoms with E-state index in [0.29, 0.717) is 6.54 Å². The lowest BCUT2D eigenvalue weighted by Gasteiger charge is -2.39. The zero-order valence-electron chi connectivity index (χ0n) is 14.8. The molecule has 1 aliphatic heterocycles. The van der Waals surface area contributed by atoms with E-state index in [1.165, 1.54) is 0 Å². The van der Waals surface area contributed by atoms with Crippen LogP contribution in [0.5, 0.6) is 0 Å². The predicted octanol–water partition coefficient (Wildman–Crippen LogP) is 2.11. The van der Waals surface area contributed by atoms with Crippen LogP contribution in [0, 0.1) is 11.3 Å². The topological polar surface area (TPSA) is 120 Å². The van der Waals surface area contributed by atoms with Gasteiger partial charge in [-0.2, -0.15) is 10.4 Å². The van der Waals surface area contributed by atoms with Gasteiger partial charge in [0, 0.05) is 23.0 Å². The minimum Gasteiger partial charge on any atom is -0.444 e. The van der Waals surface area contributed by atoms with E-state index in [1.807, 2.05) is 18.3 Å². The van der Waals surface area contributed by atoms with Crippen molar-refractivity contribution >= 4 is 33.7 Å². The van der Waals surface area contributed by atoms with Crippen LogP contribution in [0.4, 0.5) is 10.5 Å². The van der Waals surface area contributed by atoms with Crippen molar-refractivity contribution < 1.29 is 9.53 Å². The van der Waals surface area contributed by atoms with Crippen molar-refractivity contribution in [2.75, 3.05) is 18.0 Å². The zero-order valence-corrected chi connectivity index (χ0v) is 14.8. The molecule has 4 heterocycles. The highest BCUT2D eigenvalue weighted by Gasteiger charge is 2.29. The van der Waals surface area contributed by atoms with Crippen LogP contribution in [0.15, 0.2) is 24.7 Å². The van der Waals surface area contributed by atoms with Crippen LogP contribution in [0.1, 0.15) is 19.8 Å². The second kappa shape index (κ2) is 7.07. The first-order chi connectivity index (χ1) is 13.2. The van der Waals surface area contributed by atoms with Crippen molar-refractivity contribution in [3.05, 3.63) is 24.7 Å². The lowest BCUT2D eigenvalue weighted by atomic mass is 9.99. The number of nitrogens with zero attached hydrogens (tertiary/aromatic N) is 5. The molecule has 0 radical (unpaired) electrons. The van der Waals surface area contributed by atoms with E-state index < -0.39 is 6.09 Å². The largest absolute Gasteiger partial charge is 0.444 e. The fourth-order valence-corrected chi connectivity index (χ4v) is 3.58. The molecule has 0 aliphatic carbocycles. The lowest BCUT2D eigenvalue weighted by molar-refractivity contribution is 0.0848. The molecule has 3 aromatic heterocycles. The Morgan fingerprint density at radius 1 is 1.48 bits per heavy atom. The number of amides is 1. The number of aromatic amines is 1. The van der Waals surface area contributed by atoms with E-state index in [9.17, 15) is 4.79 Å². The van der Waals surface area contributed by atoms with Gasteiger partial charge in [0.25, 0.3) is 0 Å². The van der Waals surface area contributed by atoms with Gasteiger partial charge < -0.3 is 19.9 Å². The molecule has 1 fully saturated rings. The van der Waals surface area contributed by atoms with Crippen molar-refractivity contribution in [1.82, 2.24) is 25.5 Å². The molecule has 2 unspecified atom stereocenters. The highest BCUT2D eigenvalue weighted by atomic mass is 16.6. The van der Waals surface area contributed by atoms with Crippen molar-refractivity contribution in [2.45, 2.75) is 31.9 Å². The van der Waals surface area contributed by atoms with Gasteiger partial charge in [0.2, 0.25) is 0 Å². The summed E-state index contributed by atoms with van der Waals surface area (Å²) in [5, 5.41) is 21.3. The number of carbonyl (C=O) groups excluding carboxylic acids is 1. The zero-order chi connectivity index (χ0) is 18.8. The Morgan fingerprint density at radius 3 is 3.22 bits per heavy atom. The maximum atomic E-state index is 11.8. The summed E-state index contributed by atoms with van der Waals surface area (Å²) < 4.78 is 5.48.